The molecule has 2 aromatic heterocycles. The Labute approximate surface area is 203 Å². The van der Waals surface area contributed by atoms with Gasteiger partial charge in [-0.05, 0) is 60.7 Å². The normalized spacial score (nSPS) is 12.5. The fourth-order valence-electron chi connectivity index (χ4n) is 3.49. The number of pyridine rings is 1. The van der Waals surface area contributed by atoms with Crippen LogP contribution in [0.1, 0.15) is 38.8 Å². The average molecular weight is 473 g/mol. The molecule has 1 atom stereocenters. The van der Waals surface area contributed by atoms with Gasteiger partial charge in [0.25, 0.3) is 5.56 Å². The van der Waals surface area contributed by atoms with Gasteiger partial charge in [-0.1, -0.05) is 62.9 Å². The summed E-state index contributed by atoms with van der Waals surface area (Å²) in [6.45, 7) is 10.2. The fraction of sp³-hybridized carbons (Fsp3) is 0.259. The smallest absolute Gasteiger partial charge is 0.267 e. The number of amides is 1. The minimum absolute atomic E-state index is 0.0428. The summed E-state index contributed by atoms with van der Waals surface area (Å²) in [7, 11) is 0. The highest BCUT2D eigenvalue weighted by atomic mass is 32.2. The number of hydrogen-bond donors (Lipinski definition) is 1. The van der Waals surface area contributed by atoms with E-state index >= 15 is 0 Å². The molecule has 0 aliphatic carbocycles. The number of thioether (sulfide) groups is 1. The van der Waals surface area contributed by atoms with Gasteiger partial charge in [0.05, 0.1) is 16.2 Å². The van der Waals surface area contributed by atoms with Gasteiger partial charge in [-0.2, -0.15) is 0 Å². The standard InChI is InChI=1S/C27H28N4O2S/c1-17-10-15-23(28-16-17)31-25(33)21-8-6-7-9-22(21)30-26(31)34-18(2)24(32)29-20-13-11-19(12-14-20)27(3,4)5/h6-16,18H,1-5H3,(H,29,32). The van der Waals surface area contributed by atoms with E-state index in [9.17, 15) is 9.59 Å². The van der Waals surface area contributed by atoms with Crippen molar-refractivity contribution >= 4 is 34.3 Å². The maximum Gasteiger partial charge on any atom is 0.267 e. The second-order valence-electron chi connectivity index (χ2n) is 9.32. The van der Waals surface area contributed by atoms with Crippen LogP contribution in [-0.2, 0) is 10.2 Å². The molecular weight excluding hydrogens is 444 g/mol. The molecule has 2 aromatic carbocycles. The fourth-order valence-corrected chi connectivity index (χ4v) is 4.41. The number of benzene rings is 2. The molecule has 7 heteroatoms. The number of aryl methyl sites for hydroxylation is 1. The van der Waals surface area contributed by atoms with Crippen LogP contribution in [0.15, 0.2) is 76.8 Å². The first-order valence-corrected chi connectivity index (χ1v) is 12.0. The lowest BCUT2D eigenvalue weighted by Crippen LogP contribution is -2.26. The zero-order valence-electron chi connectivity index (χ0n) is 20.0. The first kappa shape index (κ1) is 23.7. The Kier molecular flexibility index (Phi) is 6.57. The van der Waals surface area contributed by atoms with Gasteiger partial charge >= 0.3 is 0 Å². The molecule has 0 saturated heterocycles. The number of anilines is 1. The first-order chi connectivity index (χ1) is 16.1. The Hall–Kier alpha value is -3.45. The van der Waals surface area contributed by atoms with Crippen molar-refractivity contribution in [2.45, 2.75) is 50.4 Å². The number of para-hydroxylation sites is 1. The minimum atomic E-state index is -0.493. The lowest BCUT2D eigenvalue weighted by atomic mass is 9.87. The molecule has 0 saturated carbocycles. The molecule has 0 aliphatic heterocycles. The minimum Gasteiger partial charge on any atom is -0.325 e. The third kappa shape index (κ3) is 5.04. The number of nitrogens with zero attached hydrogens (tertiary/aromatic N) is 3. The molecule has 0 bridgehead atoms. The summed E-state index contributed by atoms with van der Waals surface area (Å²) >= 11 is 1.23. The van der Waals surface area contributed by atoms with E-state index in [0.29, 0.717) is 21.9 Å². The van der Waals surface area contributed by atoms with Gasteiger partial charge in [-0.25, -0.2) is 14.5 Å². The van der Waals surface area contributed by atoms with Gasteiger partial charge in [0.1, 0.15) is 5.82 Å². The van der Waals surface area contributed by atoms with E-state index in [2.05, 4.69) is 31.1 Å². The van der Waals surface area contributed by atoms with Crippen molar-refractivity contribution in [3.05, 3.63) is 88.3 Å². The van der Waals surface area contributed by atoms with Crippen LogP contribution in [0.4, 0.5) is 5.69 Å². The highest BCUT2D eigenvalue weighted by Gasteiger charge is 2.21. The molecule has 174 valence electrons. The number of aromatic nitrogens is 3. The zero-order valence-corrected chi connectivity index (χ0v) is 20.8. The van der Waals surface area contributed by atoms with E-state index in [1.165, 1.54) is 21.9 Å². The second kappa shape index (κ2) is 9.43. The van der Waals surface area contributed by atoms with Crippen LogP contribution in [0.25, 0.3) is 16.7 Å². The van der Waals surface area contributed by atoms with Crippen molar-refractivity contribution in [2.75, 3.05) is 5.32 Å². The molecule has 0 spiro atoms. The molecule has 4 aromatic rings. The van der Waals surface area contributed by atoms with Crippen molar-refractivity contribution in [3.8, 4) is 5.82 Å². The average Bonchev–Trinajstić information content (AvgIpc) is 2.80. The van der Waals surface area contributed by atoms with Crippen LogP contribution in [0.3, 0.4) is 0 Å². The third-order valence-corrected chi connectivity index (χ3v) is 6.59. The lowest BCUT2D eigenvalue weighted by molar-refractivity contribution is -0.115. The Morgan fingerprint density at radius 2 is 1.74 bits per heavy atom. The van der Waals surface area contributed by atoms with Crippen LogP contribution >= 0.6 is 11.8 Å². The molecule has 1 amide bonds. The van der Waals surface area contributed by atoms with Crippen LogP contribution < -0.4 is 10.9 Å². The van der Waals surface area contributed by atoms with E-state index in [0.717, 1.165) is 11.3 Å². The van der Waals surface area contributed by atoms with Gasteiger partial charge in [-0.3, -0.25) is 9.59 Å². The maximum absolute atomic E-state index is 13.4. The summed E-state index contributed by atoms with van der Waals surface area (Å²) in [5.41, 5.74) is 3.34. The van der Waals surface area contributed by atoms with Gasteiger partial charge in [0.2, 0.25) is 5.91 Å². The number of rotatable bonds is 5. The van der Waals surface area contributed by atoms with Crippen LogP contribution in [0.5, 0.6) is 0 Å². The summed E-state index contributed by atoms with van der Waals surface area (Å²) in [6.07, 6.45) is 1.71. The number of fused-ring (bicyclic) bond motifs is 1. The molecule has 1 N–H and O–H groups in total. The van der Waals surface area contributed by atoms with E-state index in [1.54, 1.807) is 31.3 Å². The summed E-state index contributed by atoms with van der Waals surface area (Å²) in [5, 5.41) is 3.40. The SMILES string of the molecule is Cc1ccc(-n2c(SC(C)C(=O)Nc3ccc(C(C)(C)C)cc3)nc3ccccc3c2=O)nc1. The van der Waals surface area contributed by atoms with Gasteiger partial charge in [0.15, 0.2) is 5.16 Å². The summed E-state index contributed by atoms with van der Waals surface area (Å²) < 4.78 is 1.48. The Bertz CT molecular complexity index is 1390. The van der Waals surface area contributed by atoms with Crippen molar-refractivity contribution in [1.29, 1.82) is 0 Å². The van der Waals surface area contributed by atoms with Crippen molar-refractivity contribution in [1.82, 2.24) is 14.5 Å². The number of nitrogens with one attached hydrogen (secondary N) is 1. The monoisotopic (exact) mass is 472 g/mol. The van der Waals surface area contributed by atoms with Gasteiger partial charge in [-0.15, -0.1) is 0 Å². The molecule has 0 fully saturated rings. The van der Waals surface area contributed by atoms with Crippen LogP contribution in [-0.4, -0.2) is 25.7 Å². The second-order valence-corrected chi connectivity index (χ2v) is 10.6. The number of carbonyl (C=O) groups excluding carboxylic acids is 1. The molecule has 2 heterocycles. The summed E-state index contributed by atoms with van der Waals surface area (Å²) in [5.74, 6) is 0.307. The molecule has 1 unspecified atom stereocenters. The Morgan fingerprint density at radius 1 is 1.03 bits per heavy atom. The molecular formula is C27H28N4O2S. The van der Waals surface area contributed by atoms with E-state index in [-0.39, 0.29) is 16.9 Å². The molecule has 4 rings (SSSR count). The van der Waals surface area contributed by atoms with E-state index in [1.807, 2.05) is 49.4 Å². The zero-order chi connectivity index (χ0) is 24.5. The van der Waals surface area contributed by atoms with Crippen LogP contribution in [0, 0.1) is 6.92 Å². The maximum atomic E-state index is 13.4. The molecule has 0 aliphatic rings. The van der Waals surface area contributed by atoms with Gasteiger partial charge < -0.3 is 5.32 Å². The number of hydrogen-bond acceptors (Lipinski definition) is 5. The molecule has 34 heavy (non-hydrogen) atoms. The predicted octanol–water partition coefficient (Wildman–Crippen LogP) is 5.51. The largest absolute Gasteiger partial charge is 0.325 e. The molecule has 0 radical (unpaired) electrons. The van der Waals surface area contributed by atoms with Crippen molar-refractivity contribution in [3.63, 3.8) is 0 Å². The van der Waals surface area contributed by atoms with Crippen LogP contribution in [0.2, 0.25) is 0 Å². The molecule has 6 nitrogen and oxygen atoms in total. The Morgan fingerprint density at radius 3 is 2.38 bits per heavy atom. The third-order valence-electron chi connectivity index (χ3n) is 5.54. The predicted molar refractivity (Wildman–Crippen MR) is 139 cm³/mol. The highest BCUT2D eigenvalue weighted by molar-refractivity contribution is 8.00. The first-order valence-electron chi connectivity index (χ1n) is 11.2. The van der Waals surface area contributed by atoms with Crippen molar-refractivity contribution in [2.24, 2.45) is 0 Å². The lowest BCUT2D eigenvalue weighted by Gasteiger charge is -2.19. The van der Waals surface area contributed by atoms with Crippen molar-refractivity contribution < 1.29 is 4.79 Å². The number of carbonyl (C=O) groups is 1. The van der Waals surface area contributed by atoms with E-state index in [4.69, 9.17) is 4.98 Å². The summed E-state index contributed by atoms with van der Waals surface area (Å²) in [4.78, 5) is 35.5. The quantitative estimate of drug-likeness (QED) is 0.306. The topological polar surface area (TPSA) is 76.9 Å². The highest BCUT2D eigenvalue weighted by Crippen LogP contribution is 2.27. The van der Waals surface area contributed by atoms with Gasteiger partial charge in [0, 0.05) is 11.9 Å². The van der Waals surface area contributed by atoms with E-state index < -0.39 is 5.25 Å². The summed E-state index contributed by atoms with van der Waals surface area (Å²) in [6, 6.07) is 18.8. The Balaban J connectivity index is 1.64.